The standard InChI is InChI=1S/C18H26F2N2O5S2/c1-18(2,3)27-17(23)22-9-6-12(7-10-22)8-11-28(24)13-4-5-14(29(21,25)26)16(20)15(13)19/h4-5,12H,6-11H2,1-3H3,(H2,21,25,26). The van der Waals surface area contributed by atoms with Gasteiger partial charge in [-0.3, -0.25) is 0 Å². The number of nitrogens with zero attached hydrogens (tertiary/aromatic N) is 1. The molecule has 1 aromatic rings. The summed E-state index contributed by atoms with van der Waals surface area (Å²) in [5.41, 5.74) is -0.567. The third-order valence-electron chi connectivity index (χ3n) is 4.54. The Morgan fingerprint density at radius 3 is 2.38 bits per heavy atom. The van der Waals surface area contributed by atoms with E-state index in [0.717, 1.165) is 12.1 Å². The lowest BCUT2D eigenvalue weighted by atomic mass is 9.95. The minimum Gasteiger partial charge on any atom is -0.611 e. The molecule has 0 aromatic heterocycles. The maximum absolute atomic E-state index is 14.1. The van der Waals surface area contributed by atoms with Crippen molar-refractivity contribution in [3.8, 4) is 0 Å². The van der Waals surface area contributed by atoms with Crippen LogP contribution in [-0.2, 0) is 25.9 Å². The monoisotopic (exact) mass is 452 g/mol. The summed E-state index contributed by atoms with van der Waals surface area (Å²) in [6.45, 7) is 6.41. The quantitative estimate of drug-likeness (QED) is 0.690. The summed E-state index contributed by atoms with van der Waals surface area (Å²) in [5, 5.41) is 4.83. The van der Waals surface area contributed by atoms with Crippen molar-refractivity contribution in [2.24, 2.45) is 11.1 Å². The fourth-order valence-corrected chi connectivity index (χ4v) is 4.90. The van der Waals surface area contributed by atoms with Crippen molar-refractivity contribution in [3.05, 3.63) is 23.8 Å². The van der Waals surface area contributed by atoms with Crippen molar-refractivity contribution in [1.29, 1.82) is 0 Å². The zero-order valence-corrected chi connectivity index (χ0v) is 18.2. The van der Waals surface area contributed by atoms with Crippen LogP contribution >= 0.6 is 0 Å². The summed E-state index contributed by atoms with van der Waals surface area (Å²) in [5.74, 6) is -2.80. The Hall–Kier alpha value is -1.43. The third-order valence-corrected chi connectivity index (χ3v) is 6.88. The zero-order valence-electron chi connectivity index (χ0n) is 16.6. The Kier molecular flexibility index (Phi) is 7.52. The second-order valence-electron chi connectivity index (χ2n) is 7.98. The molecule has 1 amide bonds. The highest BCUT2D eigenvalue weighted by Crippen LogP contribution is 2.27. The van der Waals surface area contributed by atoms with Crippen molar-refractivity contribution in [2.75, 3.05) is 18.8 Å². The van der Waals surface area contributed by atoms with Crippen LogP contribution in [0.1, 0.15) is 40.0 Å². The molecule has 2 rings (SSSR count). The van der Waals surface area contributed by atoms with E-state index in [4.69, 9.17) is 9.88 Å². The second kappa shape index (κ2) is 9.15. The Labute approximate surface area is 172 Å². The first kappa shape index (κ1) is 23.8. The summed E-state index contributed by atoms with van der Waals surface area (Å²) in [4.78, 5) is 12.3. The molecule has 164 valence electrons. The van der Waals surface area contributed by atoms with Crippen molar-refractivity contribution in [1.82, 2.24) is 4.90 Å². The highest BCUT2D eigenvalue weighted by Gasteiger charge is 2.29. The summed E-state index contributed by atoms with van der Waals surface area (Å²) in [6, 6.07) is 1.81. The summed E-state index contributed by atoms with van der Waals surface area (Å²) in [7, 11) is -4.41. The number of carbonyl (C=O) groups excluding carboxylic acids is 1. The lowest BCUT2D eigenvalue weighted by molar-refractivity contribution is 0.0183. The molecule has 0 aliphatic carbocycles. The van der Waals surface area contributed by atoms with Gasteiger partial charge in [-0.15, -0.1) is 0 Å². The van der Waals surface area contributed by atoms with Crippen molar-refractivity contribution in [2.45, 2.75) is 55.4 Å². The molecule has 1 saturated heterocycles. The van der Waals surface area contributed by atoms with Gasteiger partial charge < -0.3 is 14.2 Å². The number of hydrogen-bond donors (Lipinski definition) is 1. The van der Waals surface area contributed by atoms with Gasteiger partial charge in [0.05, 0.1) is 0 Å². The molecule has 1 heterocycles. The molecule has 1 atom stereocenters. The van der Waals surface area contributed by atoms with Crippen LogP contribution in [-0.4, -0.2) is 48.4 Å². The molecule has 1 unspecified atom stereocenters. The predicted octanol–water partition coefficient (Wildman–Crippen LogP) is 2.76. The molecule has 29 heavy (non-hydrogen) atoms. The van der Waals surface area contributed by atoms with E-state index in [-0.39, 0.29) is 22.7 Å². The summed E-state index contributed by atoms with van der Waals surface area (Å²) >= 11 is -1.83. The van der Waals surface area contributed by atoms with Crippen LogP contribution < -0.4 is 5.14 Å². The van der Waals surface area contributed by atoms with Crippen molar-refractivity contribution < 1.29 is 31.3 Å². The minimum absolute atomic E-state index is 0.0994. The fourth-order valence-electron chi connectivity index (χ4n) is 3.02. The van der Waals surface area contributed by atoms with E-state index in [1.807, 2.05) is 0 Å². The van der Waals surface area contributed by atoms with Crippen LogP contribution in [0, 0.1) is 17.6 Å². The largest absolute Gasteiger partial charge is 0.611 e. The number of halogens is 2. The lowest BCUT2D eigenvalue weighted by Gasteiger charge is -2.33. The molecule has 11 heteroatoms. The number of hydrogen-bond acceptors (Lipinski definition) is 5. The van der Waals surface area contributed by atoms with Crippen molar-refractivity contribution >= 4 is 27.3 Å². The third kappa shape index (κ3) is 6.53. The van der Waals surface area contributed by atoms with E-state index >= 15 is 0 Å². The number of sulfonamides is 1. The molecule has 2 N–H and O–H groups in total. The van der Waals surface area contributed by atoms with E-state index in [1.165, 1.54) is 0 Å². The van der Waals surface area contributed by atoms with Gasteiger partial charge in [0.2, 0.25) is 15.8 Å². The zero-order chi connectivity index (χ0) is 22.0. The van der Waals surface area contributed by atoms with Gasteiger partial charge >= 0.3 is 6.09 Å². The molecular formula is C18H26F2N2O5S2. The first-order valence-corrected chi connectivity index (χ1v) is 12.0. The molecular weight excluding hydrogens is 426 g/mol. The van der Waals surface area contributed by atoms with E-state index in [9.17, 15) is 26.5 Å². The normalized spacial score (nSPS) is 17.3. The van der Waals surface area contributed by atoms with Crippen LogP contribution in [0.4, 0.5) is 13.6 Å². The molecule has 1 fully saturated rings. The maximum atomic E-state index is 14.1. The Bertz CT molecular complexity index is 851. The molecule has 0 spiro atoms. The number of piperidine rings is 1. The van der Waals surface area contributed by atoms with Gasteiger partial charge in [-0.25, -0.2) is 22.7 Å². The van der Waals surface area contributed by atoms with Gasteiger partial charge in [0.25, 0.3) is 0 Å². The van der Waals surface area contributed by atoms with E-state index in [0.29, 0.717) is 32.4 Å². The van der Waals surface area contributed by atoms with Crippen LogP contribution in [0.3, 0.4) is 0 Å². The van der Waals surface area contributed by atoms with Gasteiger partial charge in [-0.05, 0) is 69.3 Å². The molecule has 1 aromatic carbocycles. The van der Waals surface area contributed by atoms with Crippen LogP contribution in [0.25, 0.3) is 0 Å². The van der Waals surface area contributed by atoms with E-state index in [2.05, 4.69) is 0 Å². The van der Waals surface area contributed by atoms with Gasteiger partial charge in [0.15, 0.2) is 10.7 Å². The minimum atomic E-state index is -4.41. The molecule has 0 bridgehead atoms. The van der Waals surface area contributed by atoms with Crippen LogP contribution in [0.5, 0.6) is 0 Å². The Morgan fingerprint density at radius 1 is 1.28 bits per heavy atom. The first-order valence-electron chi connectivity index (χ1n) is 9.16. The van der Waals surface area contributed by atoms with Gasteiger partial charge in [0, 0.05) is 13.1 Å². The average Bonchev–Trinajstić information content (AvgIpc) is 2.59. The number of amides is 1. The Morgan fingerprint density at radius 2 is 1.86 bits per heavy atom. The highest BCUT2D eigenvalue weighted by atomic mass is 32.2. The molecule has 0 radical (unpaired) electrons. The number of rotatable bonds is 5. The number of nitrogens with two attached hydrogens (primary N) is 1. The van der Waals surface area contributed by atoms with Gasteiger partial charge in [0.1, 0.15) is 16.2 Å². The highest BCUT2D eigenvalue weighted by molar-refractivity contribution is 7.91. The van der Waals surface area contributed by atoms with Gasteiger partial charge in [-0.1, -0.05) is 0 Å². The molecule has 1 aliphatic rings. The SMILES string of the molecule is CC(C)(C)OC(=O)N1CCC(CC[S+]([O-])c2ccc(S(N)(=O)=O)c(F)c2F)CC1. The maximum Gasteiger partial charge on any atom is 0.410 e. The Balaban J connectivity index is 1.90. The molecule has 7 nitrogen and oxygen atoms in total. The number of likely N-dealkylation sites (tertiary alicyclic amines) is 1. The number of carbonyl (C=O) groups is 1. The lowest BCUT2D eigenvalue weighted by Crippen LogP contribution is -2.41. The number of primary sulfonamides is 1. The van der Waals surface area contributed by atoms with Crippen LogP contribution in [0.2, 0.25) is 0 Å². The number of ether oxygens (including phenoxy) is 1. The van der Waals surface area contributed by atoms with E-state index < -0.39 is 43.3 Å². The molecule has 1 aliphatic heterocycles. The van der Waals surface area contributed by atoms with Crippen LogP contribution in [0.15, 0.2) is 21.9 Å². The predicted molar refractivity (Wildman–Crippen MR) is 104 cm³/mol. The van der Waals surface area contributed by atoms with Gasteiger partial charge in [-0.2, -0.15) is 4.39 Å². The van der Waals surface area contributed by atoms with E-state index in [1.54, 1.807) is 25.7 Å². The average molecular weight is 453 g/mol. The summed E-state index contributed by atoms with van der Waals surface area (Å²) < 4.78 is 68.3. The topological polar surface area (TPSA) is 113 Å². The number of benzene rings is 1. The summed E-state index contributed by atoms with van der Waals surface area (Å²) in [6.07, 6.45) is 1.52. The second-order valence-corrected chi connectivity index (χ2v) is 11.1. The fraction of sp³-hybridized carbons (Fsp3) is 0.611. The molecule has 0 saturated carbocycles. The smallest absolute Gasteiger partial charge is 0.410 e. The first-order chi connectivity index (χ1) is 13.3. The van der Waals surface area contributed by atoms with Crippen molar-refractivity contribution in [3.63, 3.8) is 0 Å².